The van der Waals surface area contributed by atoms with E-state index in [0.29, 0.717) is 42.9 Å². The molecule has 2 nitrogen and oxygen atoms in total. The lowest BCUT2D eigenvalue weighted by Crippen LogP contribution is -2.59. The van der Waals surface area contributed by atoms with Gasteiger partial charge in [0.05, 0.1) is 22.7 Å². The van der Waals surface area contributed by atoms with Crippen molar-refractivity contribution in [1.29, 1.82) is 0 Å². The van der Waals surface area contributed by atoms with Gasteiger partial charge in [0, 0.05) is 38.0 Å². The maximum atomic E-state index is 9.21. The van der Waals surface area contributed by atoms with Crippen LogP contribution in [0.2, 0.25) is 0 Å². The number of para-hydroxylation sites is 1. The fourth-order valence-corrected chi connectivity index (χ4v) is 9.93. The number of anilines is 3. The molecule has 0 saturated carbocycles. The molecule has 12 rings (SSSR count). The van der Waals surface area contributed by atoms with E-state index in [1.807, 2.05) is 72.8 Å². The smallest absolute Gasteiger partial charge is 0.256 e. The second-order valence-corrected chi connectivity index (χ2v) is 15.5. The van der Waals surface area contributed by atoms with E-state index in [-0.39, 0.29) is 41.8 Å². The minimum atomic E-state index is -0.488. The number of hydrogen-bond acceptors (Lipinski definition) is 3. The van der Waals surface area contributed by atoms with Crippen molar-refractivity contribution in [2.45, 2.75) is 0 Å². The van der Waals surface area contributed by atoms with E-state index in [1.54, 1.807) is 6.07 Å². The molecule has 58 heavy (non-hydrogen) atoms. The summed E-state index contributed by atoms with van der Waals surface area (Å²) in [7, 11) is 0. The Balaban J connectivity index is 1.24. The molecule has 4 heteroatoms. The van der Waals surface area contributed by atoms with Crippen LogP contribution in [0.15, 0.2) is 206 Å². The maximum Gasteiger partial charge on any atom is 0.256 e. The van der Waals surface area contributed by atoms with Crippen molar-refractivity contribution in [2.75, 3.05) is 4.90 Å². The molecule has 10 aromatic rings. The minimum absolute atomic E-state index is 0.0307. The van der Waals surface area contributed by atoms with E-state index in [9.17, 15) is 2.74 Å². The predicted molar refractivity (Wildman–Crippen MR) is 247 cm³/mol. The average molecular weight is 765 g/mol. The second kappa shape index (κ2) is 13.2. The molecule has 0 aliphatic carbocycles. The van der Waals surface area contributed by atoms with Crippen molar-refractivity contribution in [1.82, 2.24) is 0 Å². The van der Waals surface area contributed by atoms with Gasteiger partial charge in [-0.25, -0.2) is 0 Å². The van der Waals surface area contributed by atoms with Crippen LogP contribution in [0, 0.1) is 0 Å². The molecule has 0 fully saturated rings. The molecule has 0 radical (unpaired) electrons. The first-order valence-electron chi connectivity index (χ1n) is 23.6. The fraction of sp³-hybridized carbons (Fsp3) is 0. The van der Waals surface area contributed by atoms with Gasteiger partial charge in [-0.2, -0.15) is 0 Å². The Kier molecular flexibility index (Phi) is 5.75. The van der Waals surface area contributed by atoms with Crippen LogP contribution in [0.5, 0.6) is 11.5 Å². The Morgan fingerprint density at radius 2 is 1.12 bits per heavy atom. The maximum absolute atomic E-state index is 9.21. The molecule has 0 amide bonds. The van der Waals surface area contributed by atoms with Crippen LogP contribution >= 0.6 is 11.3 Å². The lowest BCUT2D eigenvalue weighted by Gasteiger charge is -2.42. The molecule has 0 unspecified atom stereocenters. The molecule has 3 heterocycles. The third-order valence-corrected chi connectivity index (χ3v) is 12.5. The first-order chi connectivity index (χ1) is 32.5. The Labute approximate surface area is 354 Å². The molecular formula is C54H34BNOS. The zero-order chi connectivity index (χ0) is 46.0. The van der Waals surface area contributed by atoms with Gasteiger partial charge >= 0.3 is 0 Å². The minimum Gasteiger partial charge on any atom is -0.457 e. The normalized spacial score (nSPS) is 14.7. The van der Waals surface area contributed by atoms with Crippen LogP contribution < -0.4 is 26.0 Å². The number of hydrogen-bond donors (Lipinski definition) is 0. The monoisotopic (exact) mass is 764 g/mol. The van der Waals surface area contributed by atoms with E-state index < -0.39 is 24.8 Å². The molecule has 2 aliphatic heterocycles. The van der Waals surface area contributed by atoms with E-state index >= 15 is 0 Å². The highest BCUT2D eigenvalue weighted by Gasteiger charge is 2.44. The zero-order valence-corrected chi connectivity index (χ0v) is 31.6. The van der Waals surface area contributed by atoms with Crippen molar-refractivity contribution in [3.8, 4) is 56.0 Å². The summed E-state index contributed by atoms with van der Waals surface area (Å²) >= 11 is 1.26. The van der Waals surface area contributed by atoms with Crippen molar-refractivity contribution in [3.63, 3.8) is 0 Å². The van der Waals surface area contributed by atoms with Crippen molar-refractivity contribution >= 4 is 71.7 Å². The van der Waals surface area contributed by atoms with Crippen LogP contribution in [0.1, 0.15) is 12.3 Å². The zero-order valence-electron chi connectivity index (χ0n) is 39.8. The van der Waals surface area contributed by atoms with Gasteiger partial charge in [-0.1, -0.05) is 182 Å². The lowest BCUT2D eigenvalue weighted by molar-refractivity contribution is 0.494. The van der Waals surface area contributed by atoms with E-state index in [4.69, 9.17) is 14.3 Å². The van der Waals surface area contributed by atoms with Crippen molar-refractivity contribution in [2.24, 2.45) is 0 Å². The first-order valence-corrected chi connectivity index (χ1v) is 19.9. The third kappa shape index (κ3) is 5.12. The van der Waals surface area contributed by atoms with Gasteiger partial charge in [-0.05, 0) is 74.0 Å². The highest BCUT2D eigenvalue weighted by Crippen LogP contribution is 2.51. The lowest BCUT2D eigenvalue weighted by atomic mass is 9.34. The summed E-state index contributed by atoms with van der Waals surface area (Å²) in [4.78, 5) is 2.26. The molecule has 0 atom stereocenters. The van der Waals surface area contributed by atoms with Gasteiger partial charge in [0.2, 0.25) is 0 Å². The summed E-state index contributed by atoms with van der Waals surface area (Å²) in [6, 6.07) is 48.1. The molecule has 270 valence electrons. The molecule has 2 aliphatic rings. The Morgan fingerprint density at radius 1 is 0.483 bits per heavy atom. The fourth-order valence-electron chi connectivity index (χ4n) is 8.82. The van der Waals surface area contributed by atoms with Crippen LogP contribution in [0.3, 0.4) is 0 Å². The number of thiophene rings is 1. The summed E-state index contributed by atoms with van der Waals surface area (Å²) in [5.41, 5.74) is 11.3. The summed E-state index contributed by atoms with van der Waals surface area (Å²) in [5, 5.41) is 1.06. The van der Waals surface area contributed by atoms with Crippen LogP contribution in [-0.4, -0.2) is 6.71 Å². The van der Waals surface area contributed by atoms with Gasteiger partial charge < -0.3 is 9.64 Å². The summed E-state index contributed by atoms with van der Waals surface area (Å²) in [6.45, 7) is -0.443. The Hall–Kier alpha value is -7.14. The second-order valence-electron chi connectivity index (χ2n) is 14.5. The number of benzene rings is 9. The molecular weight excluding hydrogens is 721 g/mol. The van der Waals surface area contributed by atoms with Crippen LogP contribution in [0.4, 0.5) is 17.1 Å². The van der Waals surface area contributed by atoms with E-state index in [1.165, 1.54) is 11.3 Å². The highest BCUT2D eigenvalue weighted by molar-refractivity contribution is 7.26. The van der Waals surface area contributed by atoms with Gasteiger partial charge in [-0.15, -0.1) is 11.3 Å². The van der Waals surface area contributed by atoms with Crippen molar-refractivity contribution < 1.29 is 17.1 Å². The van der Waals surface area contributed by atoms with Crippen molar-refractivity contribution in [3.05, 3.63) is 206 Å². The first kappa shape index (κ1) is 25.2. The Bertz CT molecular complexity index is 3650. The molecule has 1 aromatic heterocycles. The largest absolute Gasteiger partial charge is 0.457 e. The van der Waals surface area contributed by atoms with Gasteiger partial charge in [0.15, 0.2) is 0 Å². The molecule has 0 N–H and O–H groups in total. The van der Waals surface area contributed by atoms with Crippen LogP contribution in [0.25, 0.3) is 64.7 Å². The van der Waals surface area contributed by atoms with Gasteiger partial charge in [0.25, 0.3) is 6.71 Å². The summed E-state index contributed by atoms with van der Waals surface area (Å²) < 4.78 is 87.5. The standard InChI is InChI=1S/C54H34BNOS/c1-5-16-35(17-6-1)39-28-30-45-47(32-39)56(52-41(37-20-9-3-10-21-37)25-15-26-42(52)38-22-11-4-12-23-38)48-33-40(36-18-7-2-8-19-36)34-49-51(48)55(45)46-31-29-44-43-24-13-14-27-50(43)58-54(44)53(46)57-49/h1-34H/i2D,7D,8D,13D,14D,18D,19D,24D,27D. The third-order valence-electron chi connectivity index (χ3n) is 11.3. The topological polar surface area (TPSA) is 12.5 Å². The number of fused-ring (bicyclic) bond motifs is 8. The highest BCUT2D eigenvalue weighted by atomic mass is 32.1. The van der Waals surface area contributed by atoms with Crippen LogP contribution in [-0.2, 0) is 0 Å². The Morgan fingerprint density at radius 3 is 1.84 bits per heavy atom. The van der Waals surface area contributed by atoms with Gasteiger partial charge in [0.1, 0.15) is 11.5 Å². The summed E-state index contributed by atoms with van der Waals surface area (Å²) in [5.74, 6) is 0.918. The molecule has 0 saturated heterocycles. The van der Waals surface area contributed by atoms with E-state index in [2.05, 4.69) is 77.7 Å². The number of ether oxygens (including phenoxy) is 1. The molecule has 0 spiro atoms. The quantitative estimate of drug-likeness (QED) is 0.162. The number of nitrogens with zero attached hydrogens (tertiary/aromatic N) is 1. The SMILES string of the molecule is [2H]c1c([2H])c([2H])c(-c2cc3c4c(c2)N(c2c(-c5ccccc5)cccc2-c2ccccc2)c2cc(-c5ccccc5)ccc2B4c2ccc4c(sc5c([2H])c([2H])c([2H])c([2H])c54)c2O3)c([2H])c1[2H]. The predicted octanol–water partition coefficient (Wildman–Crippen LogP) is 13.1. The average Bonchev–Trinajstić information content (AvgIpc) is 3.77. The molecule has 9 aromatic carbocycles. The van der Waals surface area contributed by atoms with E-state index in [0.717, 1.165) is 61.1 Å². The number of rotatable bonds is 5. The van der Waals surface area contributed by atoms with Gasteiger partial charge in [-0.3, -0.25) is 0 Å². The summed E-state index contributed by atoms with van der Waals surface area (Å²) in [6.07, 6.45) is 0. The molecule has 0 bridgehead atoms.